The van der Waals surface area contributed by atoms with Gasteiger partial charge in [0.2, 0.25) is 0 Å². The highest BCUT2D eigenvalue weighted by Gasteiger charge is 2.32. The Morgan fingerprint density at radius 2 is 1.93 bits per heavy atom. The number of aromatic amines is 1. The number of aliphatic hydroxyl groups is 1. The highest BCUT2D eigenvalue weighted by Crippen LogP contribution is 2.36. The summed E-state index contributed by atoms with van der Waals surface area (Å²) < 4.78 is 45.8. The van der Waals surface area contributed by atoms with E-state index in [-0.39, 0.29) is 12.4 Å². The van der Waals surface area contributed by atoms with Gasteiger partial charge in [-0.05, 0) is 52.1 Å². The molecular weight excluding hydrogens is 383 g/mol. The third-order valence-electron chi connectivity index (χ3n) is 4.56. The lowest BCUT2D eigenvalue weighted by Crippen LogP contribution is -2.21. The predicted octanol–water partition coefficient (Wildman–Crippen LogP) is 4.87. The van der Waals surface area contributed by atoms with Crippen molar-refractivity contribution < 1.29 is 23.0 Å². The van der Waals surface area contributed by atoms with E-state index < -0.39 is 17.3 Å². The van der Waals surface area contributed by atoms with E-state index in [0.29, 0.717) is 24.2 Å². The Labute approximate surface area is 169 Å². The van der Waals surface area contributed by atoms with E-state index in [1.165, 1.54) is 0 Å². The molecule has 0 aliphatic rings. The van der Waals surface area contributed by atoms with Gasteiger partial charge in [0.25, 0.3) is 0 Å². The second kappa shape index (κ2) is 9.63. The minimum absolute atomic E-state index is 0.110. The molecule has 29 heavy (non-hydrogen) atoms. The smallest absolute Gasteiger partial charge is 0.416 e. The third-order valence-corrected chi connectivity index (χ3v) is 4.56. The Hall–Kier alpha value is -2.06. The standard InChI is InChI=1S/C21H30F3N3O2/c1-5-6-8-27(4)14-16-13-25-26-19(16)15-10-17(21(22,23)24)12-18(11-15)29-9-7-20(2,3)28/h10-13,28H,5-9,14H2,1-4H3,(H,25,26). The summed E-state index contributed by atoms with van der Waals surface area (Å²) in [4.78, 5) is 2.12. The predicted molar refractivity (Wildman–Crippen MR) is 107 cm³/mol. The number of nitrogens with zero attached hydrogens (tertiary/aromatic N) is 2. The topological polar surface area (TPSA) is 61.4 Å². The molecule has 0 bridgehead atoms. The number of alkyl halides is 3. The first-order chi connectivity index (χ1) is 13.5. The molecule has 0 unspecified atom stereocenters. The van der Waals surface area contributed by atoms with Crippen LogP contribution >= 0.6 is 0 Å². The number of ether oxygens (including phenoxy) is 1. The number of benzene rings is 1. The SMILES string of the molecule is CCCCN(C)Cc1cn[nH]c1-c1cc(OCCC(C)(C)O)cc(C(F)(F)F)c1. The highest BCUT2D eigenvalue weighted by atomic mass is 19.4. The first-order valence-electron chi connectivity index (χ1n) is 9.78. The molecule has 0 spiro atoms. The molecule has 0 amide bonds. The summed E-state index contributed by atoms with van der Waals surface area (Å²) in [7, 11) is 1.98. The third kappa shape index (κ3) is 7.36. The lowest BCUT2D eigenvalue weighted by Gasteiger charge is -2.19. The van der Waals surface area contributed by atoms with Crippen LogP contribution in [0, 0.1) is 0 Å². The van der Waals surface area contributed by atoms with Crippen molar-refractivity contribution in [3.8, 4) is 17.0 Å². The van der Waals surface area contributed by atoms with Gasteiger partial charge in [-0.2, -0.15) is 18.3 Å². The van der Waals surface area contributed by atoms with Crippen LogP contribution in [0.4, 0.5) is 13.2 Å². The van der Waals surface area contributed by atoms with Crippen molar-refractivity contribution >= 4 is 0 Å². The van der Waals surface area contributed by atoms with Crippen molar-refractivity contribution in [3.63, 3.8) is 0 Å². The molecule has 0 fully saturated rings. The summed E-state index contributed by atoms with van der Waals surface area (Å²) in [5.41, 5.74) is 0.00385. The van der Waals surface area contributed by atoms with Gasteiger partial charge in [0.15, 0.2) is 0 Å². The number of unbranched alkanes of at least 4 members (excludes halogenated alkanes) is 1. The fraction of sp³-hybridized carbons (Fsp3) is 0.571. The fourth-order valence-electron chi connectivity index (χ4n) is 2.89. The monoisotopic (exact) mass is 413 g/mol. The van der Waals surface area contributed by atoms with Gasteiger partial charge in [0.1, 0.15) is 5.75 Å². The summed E-state index contributed by atoms with van der Waals surface area (Å²) in [5.74, 6) is 0.110. The average molecular weight is 413 g/mol. The normalized spacial score (nSPS) is 12.6. The van der Waals surface area contributed by atoms with Crippen LogP contribution < -0.4 is 4.74 Å². The van der Waals surface area contributed by atoms with E-state index in [1.54, 1.807) is 26.1 Å². The van der Waals surface area contributed by atoms with Gasteiger partial charge in [0, 0.05) is 24.1 Å². The van der Waals surface area contributed by atoms with E-state index in [4.69, 9.17) is 4.74 Å². The second-order valence-corrected chi connectivity index (χ2v) is 8.02. The number of hydrogen-bond acceptors (Lipinski definition) is 4. The lowest BCUT2D eigenvalue weighted by molar-refractivity contribution is -0.137. The zero-order chi connectivity index (χ0) is 21.7. The Balaban J connectivity index is 2.30. The summed E-state index contributed by atoms with van der Waals surface area (Å²) in [6.45, 7) is 6.95. The number of H-pyrrole nitrogens is 1. The van der Waals surface area contributed by atoms with Crippen LogP contribution in [0.25, 0.3) is 11.3 Å². The molecule has 0 saturated heterocycles. The lowest BCUT2D eigenvalue weighted by atomic mass is 10.0. The molecular formula is C21H30F3N3O2. The largest absolute Gasteiger partial charge is 0.493 e. The van der Waals surface area contributed by atoms with Gasteiger partial charge < -0.3 is 14.7 Å². The van der Waals surface area contributed by atoms with Crippen LogP contribution in [0.15, 0.2) is 24.4 Å². The molecule has 8 heteroatoms. The zero-order valence-electron chi connectivity index (χ0n) is 17.4. The van der Waals surface area contributed by atoms with E-state index in [1.807, 2.05) is 7.05 Å². The molecule has 162 valence electrons. The molecule has 0 saturated carbocycles. The van der Waals surface area contributed by atoms with Crippen LogP contribution in [0.1, 0.15) is 51.2 Å². The van der Waals surface area contributed by atoms with E-state index in [9.17, 15) is 18.3 Å². The minimum Gasteiger partial charge on any atom is -0.493 e. The number of aromatic nitrogens is 2. The first-order valence-corrected chi connectivity index (χ1v) is 9.78. The summed E-state index contributed by atoms with van der Waals surface area (Å²) in [6, 6.07) is 3.66. The molecule has 0 atom stereocenters. The molecule has 1 aromatic heterocycles. The second-order valence-electron chi connectivity index (χ2n) is 8.02. The van der Waals surface area contributed by atoms with Crippen molar-refractivity contribution in [2.45, 2.75) is 58.4 Å². The quantitative estimate of drug-likeness (QED) is 0.584. The van der Waals surface area contributed by atoms with Gasteiger partial charge in [0.05, 0.1) is 29.7 Å². The van der Waals surface area contributed by atoms with Crippen molar-refractivity contribution in [1.29, 1.82) is 0 Å². The molecule has 2 rings (SSSR count). The number of hydrogen-bond donors (Lipinski definition) is 2. The van der Waals surface area contributed by atoms with Gasteiger partial charge >= 0.3 is 6.18 Å². The van der Waals surface area contributed by atoms with Crippen LogP contribution in [-0.4, -0.2) is 46.0 Å². The van der Waals surface area contributed by atoms with Crippen molar-refractivity contribution in [3.05, 3.63) is 35.5 Å². The van der Waals surface area contributed by atoms with Crippen LogP contribution in [0.2, 0.25) is 0 Å². The van der Waals surface area contributed by atoms with Crippen molar-refractivity contribution in [2.75, 3.05) is 20.2 Å². The zero-order valence-corrected chi connectivity index (χ0v) is 17.4. The summed E-state index contributed by atoms with van der Waals surface area (Å²) >= 11 is 0. The van der Waals surface area contributed by atoms with Crippen molar-refractivity contribution in [1.82, 2.24) is 15.1 Å². The van der Waals surface area contributed by atoms with E-state index >= 15 is 0 Å². The molecule has 1 heterocycles. The van der Waals surface area contributed by atoms with E-state index in [0.717, 1.165) is 37.1 Å². The van der Waals surface area contributed by atoms with Gasteiger partial charge in [-0.3, -0.25) is 5.10 Å². The maximum atomic E-state index is 13.4. The number of halogens is 3. The van der Waals surface area contributed by atoms with Gasteiger partial charge in [-0.15, -0.1) is 0 Å². The molecule has 5 nitrogen and oxygen atoms in total. The molecule has 0 aliphatic carbocycles. The Morgan fingerprint density at radius 3 is 2.55 bits per heavy atom. The maximum absolute atomic E-state index is 13.4. The van der Waals surface area contributed by atoms with Gasteiger partial charge in [-0.25, -0.2) is 0 Å². The highest BCUT2D eigenvalue weighted by molar-refractivity contribution is 5.65. The van der Waals surface area contributed by atoms with Crippen LogP contribution in [-0.2, 0) is 12.7 Å². The fourth-order valence-corrected chi connectivity index (χ4v) is 2.89. The Kier molecular flexibility index (Phi) is 7.71. The first kappa shape index (κ1) is 23.2. The van der Waals surface area contributed by atoms with E-state index in [2.05, 4.69) is 22.0 Å². The number of nitrogens with one attached hydrogen (secondary N) is 1. The van der Waals surface area contributed by atoms with Crippen molar-refractivity contribution in [2.24, 2.45) is 0 Å². The average Bonchev–Trinajstić information content (AvgIpc) is 3.06. The van der Waals surface area contributed by atoms with Gasteiger partial charge in [-0.1, -0.05) is 13.3 Å². The maximum Gasteiger partial charge on any atom is 0.416 e. The summed E-state index contributed by atoms with van der Waals surface area (Å²) in [6.07, 6.45) is -0.431. The Bertz CT molecular complexity index is 782. The van der Waals surface area contributed by atoms with Crippen LogP contribution in [0.5, 0.6) is 5.75 Å². The molecule has 2 N–H and O–H groups in total. The van der Waals surface area contributed by atoms with Crippen LogP contribution in [0.3, 0.4) is 0 Å². The minimum atomic E-state index is -4.50. The molecule has 2 aromatic rings. The number of rotatable bonds is 10. The molecule has 0 radical (unpaired) electrons. The molecule has 0 aliphatic heterocycles. The summed E-state index contributed by atoms with van der Waals surface area (Å²) in [5, 5.41) is 16.7. The molecule has 1 aromatic carbocycles. The Morgan fingerprint density at radius 1 is 1.21 bits per heavy atom.